The topological polar surface area (TPSA) is 113 Å². The molecular formula is C10H16N2O4S. The number of hydrogen-bond donors (Lipinski definition) is 4. The zero-order valence-electron chi connectivity index (χ0n) is 9.42. The van der Waals surface area contributed by atoms with Gasteiger partial charge in [0.25, 0.3) is 0 Å². The molecular weight excluding hydrogens is 244 g/mol. The van der Waals surface area contributed by atoms with Crippen molar-refractivity contribution in [3.05, 3.63) is 23.8 Å². The second-order valence-corrected chi connectivity index (χ2v) is 5.30. The number of nitrogens with one attached hydrogen (secondary N) is 1. The maximum Gasteiger partial charge on any atom is 0.238 e. The van der Waals surface area contributed by atoms with E-state index in [0.717, 1.165) is 5.56 Å². The molecule has 0 radical (unpaired) electrons. The van der Waals surface area contributed by atoms with Crippen LogP contribution in [-0.2, 0) is 10.0 Å². The van der Waals surface area contributed by atoms with E-state index in [1.165, 1.54) is 12.1 Å². The Morgan fingerprint density at radius 1 is 1.47 bits per heavy atom. The van der Waals surface area contributed by atoms with Gasteiger partial charge in [-0.25, -0.2) is 13.6 Å². The van der Waals surface area contributed by atoms with Gasteiger partial charge in [-0.2, -0.15) is 0 Å². The molecule has 0 aromatic heterocycles. The van der Waals surface area contributed by atoms with Crippen LogP contribution in [0.2, 0.25) is 0 Å². The first kappa shape index (κ1) is 13.9. The van der Waals surface area contributed by atoms with E-state index in [2.05, 4.69) is 5.32 Å². The van der Waals surface area contributed by atoms with Crippen molar-refractivity contribution in [3.63, 3.8) is 0 Å². The fraction of sp³-hybridized carbons (Fsp3) is 0.400. The number of anilines is 1. The van der Waals surface area contributed by atoms with Crippen LogP contribution in [0.15, 0.2) is 23.1 Å². The number of sulfonamides is 1. The summed E-state index contributed by atoms with van der Waals surface area (Å²) in [5.41, 5.74) is 1.38. The molecule has 0 heterocycles. The summed E-state index contributed by atoms with van der Waals surface area (Å²) < 4.78 is 22.3. The molecule has 1 aromatic carbocycles. The molecule has 0 bridgehead atoms. The number of benzene rings is 1. The Morgan fingerprint density at radius 2 is 2.12 bits per heavy atom. The number of aliphatic hydroxyl groups is 2. The van der Waals surface area contributed by atoms with Gasteiger partial charge in [-0.05, 0) is 24.6 Å². The molecule has 1 atom stereocenters. The summed E-state index contributed by atoms with van der Waals surface area (Å²) in [5.74, 6) is 0. The molecule has 0 amide bonds. The van der Waals surface area contributed by atoms with Gasteiger partial charge in [0, 0.05) is 12.2 Å². The monoisotopic (exact) mass is 260 g/mol. The lowest BCUT2D eigenvalue weighted by Crippen LogP contribution is -2.23. The molecule has 0 saturated carbocycles. The Bertz CT molecular complexity index is 487. The highest BCUT2D eigenvalue weighted by molar-refractivity contribution is 7.89. The Balaban J connectivity index is 2.92. The number of aryl methyl sites for hydroxylation is 1. The third kappa shape index (κ3) is 3.97. The lowest BCUT2D eigenvalue weighted by molar-refractivity contribution is 0.105. The molecule has 17 heavy (non-hydrogen) atoms. The lowest BCUT2D eigenvalue weighted by Gasteiger charge is -2.13. The number of rotatable bonds is 5. The van der Waals surface area contributed by atoms with E-state index in [9.17, 15) is 13.5 Å². The standard InChI is InChI=1S/C10H16N2O4S/c1-7-2-3-9(17(11,15)16)4-10(7)12-5-8(14)6-13/h2-4,8,12-14H,5-6H2,1H3,(H2,11,15,16). The van der Waals surface area contributed by atoms with Crippen LogP contribution in [0.1, 0.15) is 5.56 Å². The van der Waals surface area contributed by atoms with Crippen molar-refractivity contribution < 1.29 is 18.6 Å². The maximum atomic E-state index is 11.2. The molecule has 5 N–H and O–H groups in total. The van der Waals surface area contributed by atoms with Crippen LogP contribution in [-0.4, -0.2) is 37.9 Å². The van der Waals surface area contributed by atoms with Gasteiger partial charge in [-0.3, -0.25) is 0 Å². The summed E-state index contributed by atoms with van der Waals surface area (Å²) in [7, 11) is -3.74. The van der Waals surface area contributed by atoms with Gasteiger partial charge in [0.15, 0.2) is 0 Å². The van der Waals surface area contributed by atoms with Crippen LogP contribution in [0.3, 0.4) is 0 Å². The molecule has 1 rings (SSSR count). The molecule has 1 aromatic rings. The number of primary sulfonamides is 1. The van der Waals surface area contributed by atoms with E-state index in [4.69, 9.17) is 10.2 Å². The lowest BCUT2D eigenvalue weighted by atomic mass is 10.2. The van der Waals surface area contributed by atoms with Crippen molar-refractivity contribution >= 4 is 15.7 Å². The third-order valence-corrected chi connectivity index (χ3v) is 3.19. The van der Waals surface area contributed by atoms with Gasteiger partial charge in [0.2, 0.25) is 10.0 Å². The Kier molecular flexibility index (Phi) is 4.47. The van der Waals surface area contributed by atoms with Crippen molar-refractivity contribution in [1.29, 1.82) is 0 Å². The van der Waals surface area contributed by atoms with Crippen molar-refractivity contribution in [2.45, 2.75) is 17.9 Å². The molecule has 6 nitrogen and oxygen atoms in total. The van der Waals surface area contributed by atoms with E-state index in [1.54, 1.807) is 13.0 Å². The van der Waals surface area contributed by atoms with Crippen LogP contribution in [0.5, 0.6) is 0 Å². The number of aliphatic hydroxyl groups excluding tert-OH is 2. The Labute approximate surface area is 100 Å². The van der Waals surface area contributed by atoms with Crippen molar-refractivity contribution in [2.75, 3.05) is 18.5 Å². The van der Waals surface area contributed by atoms with Crippen molar-refractivity contribution in [1.82, 2.24) is 0 Å². The predicted octanol–water partition coefficient (Wildman–Crippen LogP) is -0.592. The van der Waals surface area contributed by atoms with Crippen molar-refractivity contribution in [2.24, 2.45) is 5.14 Å². The number of hydrogen-bond acceptors (Lipinski definition) is 5. The first-order valence-corrected chi connectivity index (χ1v) is 6.55. The van der Waals surface area contributed by atoms with E-state index in [-0.39, 0.29) is 18.0 Å². The Hall–Kier alpha value is -1.15. The Morgan fingerprint density at radius 3 is 2.65 bits per heavy atom. The first-order chi connectivity index (χ1) is 7.84. The second-order valence-electron chi connectivity index (χ2n) is 3.74. The van der Waals surface area contributed by atoms with Gasteiger partial charge in [-0.15, -0.1) is 0 Å². The molecule has 0 fully saturated rings. The minimum Gasteiger partial charge on any atom is -0.394 e. The summed E-state index contributed by atoms with van der Waals surface area (Å²) >= 11 is 0. The normalized spacial score (nSPS) is 13.4. The molecule has 0 aliphatic rings. The molecule has 0 spiro atoms. The summed E-state index contributed by atoms with van der Waals surface area (Å²) in [4.78, 5) is 0.00379. The summed E-state index contributed by atoms with van der Waals surface area (Å²) in [6.45, 7) is 1.56. The second kappa shape index (κ2) is 5.46. The highest BCUT2D eigenvalue weighted by Gasteiger charge is 2.10. The van der Waals surface area contributed by atoms with E-state index >= 15 is 0 Å². The third-order valence-electron chi connectivity index (χ3n) is 2.28. The van der Waals surface area contributed by atoms with Gasteiger partial charge >= 0.3 is 0 Å². The fourth-order valence-electron chi connectivity index (χ4n) is 1.26. The summed E-state index contributed by atoms with van der Waals surface area (Å²) in [6.07, 6.45) is -0.896. The predicted molar refractivity (Wildman–Crippen MR) is 64.1 cm³/mol. The maximum absolute atomic E-state index is 11.2. The van der Waals surface area contributed by atoms with Gasteiger partial charge < -0.3 is 15.5 Å². The van der Waals surface area contributed by atoms with E-state index < -0.39 is 16.1 Å². The first-order valence-electron chi connectivity index (χ1n) is 5.01. The van der Waals surface area contributed by atoms with Gasteiger partial charge in [-0.1, -0.05) is 6.07 Å². The minimum absolute atomic E-state index is 0.00379. The molecule has 0 aliphatic heterocycles. The van der Waals surface area contributed by atoms with Gasteiger partial charge in [0.05, 0.1) is 17.6 Å². The van der Waals surface area contributed by atoms with Crippen LogP contribution in [0.25, 0.3) is 0 Å². The average molecular weight is 260 g/mol. The van der Waals surface area contributed by atoms with Crippen molar-refractivity contribution in [3.8, 4) is 0 Å². The number of nitrogens with two attached hydrogens (primary N) is 1. The molecule has 0 saturated heterocycles. The molecule has 1 unspecified atom stereocenters. The van der Waals surface area contributed by atoms with Crippen LogP contribution >= 0.6 is 0 Å². The highest BCUT2D eigenvalue weighted by Crippen LogP contribution is 2.19. The largest absolute Gasteiger partial charge is 0.394 e. The summed E-state index contributed by atoms with van der Waals surface area (Å²) in [6, 6.07) is 4.43. The molecule has 0 aliphatic carbocycles. The van der Waals surface area contributed by atoms with E-state index in [1.807, 2.05) is 0 Å². The average Bonchev–Trinajstić information content (AvgIpc) is 2.26. The quantitative estimate of drug-likeness (QED) is 0.565. The fourth-order valence-corrected chi connectivity index (χ4v) is 1.80. The molecule has 7 heteroatoms. The smallest absolute Gasteiger partial charge is 0.238 e. The highest BCUT2D eigenvalue weighted by atomic mass is 32.2. The zero-order valence-corrected chi connectivity index (χ0v) is 10.2. The van der Waals surface area contributed by atoms with Gasteiger partial charge in [0.1, 0.15) is 0 Å². The van der Waals surface area contributed by atoms with Crippen LogP contribution in [0, 0.1) is 6.92 Å². The SMILES string of the molecule is Cc1ccc(S(N)(=O)=O)cc1NCC(O)CO. The van der Waals surface area contributed by atoms with E-state index in [0.29, 0.717) is 5.69 Å². The summed E-state index contributed by atoms with van der Waals surface area (Å²) in [5, 5.41) is 25.7. The van der Waals surface area contributed by atoms with Crippen LogP contribution < -0.4 is 10.5 Å². The molecule has 96 valence electrons. The van der Waals surface area contributed by atoms with Crippen LogP contribution in [0.4, 0.5) is 5.69 Å². The zero-order chi connectivity index (χ0) is 13.1. The minimum atomic E-state index is -3.74.